The number of nitrogens with zero attached hydrogens (tertiary/aromatic N) is 1. The molecule has 1 aliphatic carbocycles. The summed E-state index contributed by atoms with van der Waals surface area (Å²) in [7, 11) is 1.27. The SMILES string of the molecule is COC(=O)[C@H](Cc1ccc(I)cc1)NC(=O)CNC(=O)[C@@H]1CCCN1C(=O)CC1CCCCC1. The summed E-state index contributed by atoms with van der Waals surface area (Å²) in [6.07, 6.45) is 7.92. The van der Waals surface area contributed by atoms with Crippen LogP contribution in [0.25, 0.3) is 0 Å². The van der Waals surface area contributed by atoms with Crippen molar-refractivity contribution in [3.05, 3.63) is 33.4 Å². The number of hydrogen-bond acceptors (Lipinski definition) is 5. The minimum atomic E-state index is -0.852. The number of methoxy groups -OCH3 is 1. The van der Waals surface area contributed by atoms with Gasteiger partial charge >= 0.3 is 5.97 Å². The lowest BCUT2D eigenvalue weighted by molar-refractivity contribution is -0.145. The molecule has 1 heterocycles. The first-order valence-corrected chi connectivity index (χ1v) is 13.1. The molecule has 1 saturated carbocycles. The molecule has 0 bridgehead atoms. The maximum atomic E-state index is 12.8. The largest absolute Gasteiger partial charge is 0.467 e. The number of nitrogens with one attached hydrogen (secondary N) is 2. The second kappa shape index (κ2) is 13.1. The molecule has 0 aromatic heterocycles. The summed E-state index contributed by atoms with van der Waals surface area (Å²) in [6, 6.07) is 6.25. The van der Waals surface area contributed by atoms with Crippen molar-refractivity contribution >= 4 is 46.3 Å². The van der Waals surface area contributed by atoms with E-state index in [-0.39, 0.29) is 24.8 Å². The first-order valence-electron chi connectivity index (χ1n) is 12.1. The maximum absolute atomic E-state index is 12.8. The van der Waals surface area contributed by atoms with Gasteiger partial charge in [-0.3, -0.25) is 14.4 Å². The van der Waals surface area contributed by atoms with Crippen molar-refractivity contribution in [1.82, 2.24) is 15.5 Å². The van der Waals surface area contributed by atoms with Crippen LogP contribution in [0.3, 0.4) is 0 Å². The van der Waals surface area contributed by atoms with E-state index in [1.807, 2.05) is 24.3 Å². The van der Waals surface area contributed by atoms with Gasteiger partial charge in [-0.15, -0.1) is 0 Å². The Balaban J connectivity index is 1.49. The lowest BCUT2D eigenvalue weighted by Gasteiger charge is -2.27. The molecule has 0 radical (unpaired) electrons. The lowest BCUT2D eigenvalue weighted by atomic mass is 9.86. The number of ether oxygens (including phenoxy) is 1. The van der Waals surface area contributed by atoms with E-state index in [0.29, 0.717) is 25.3 Å². The van der Waals surface area contributed by atoms with Crippen LogP contribution in [0.5, 0.6) is 0 Å². The van der Waals surface area contributed by atoms with Crippen molar-refractivity contribution in [3.8, 4) is 0 Å². The summed E-state index contributed by atoms with van der Waals surface area (Å²) in [6.45, 7) is 0.316. The van der Waals surface area contributed by atoms with E-state index in [2.05, 4.69) is 33.2 Å². The van der Waals surface area contributed by atoms with Gasteiger partial charge in [0.15, 0.2) is 0 Å². The summed E-state index contributed by atoms with van der Waals surface area (Å²) in [5, 5.41) is 5.30. The molecule has 2 aliphatic rings. The predicted octanol–water partition coefficient (Wildman–Crippen LogP) is 2.57. The number of likely N-dealkylation sites (tertiary alicyclic amines) is 1. The number of hydrogen-bond donors (Lipinski definition) is 2. The van der Waals surface area contributed by atoms with Crippen molar-refractivity contribution in [3.63, 3.8) is 0 Å². The molecule has 1 aromatic carbocycles. The van der Waals surface area contributed by atoms with Crippen LogP contribution in [0.4, 0.5) is 0 Å². The quantitative estimate of drug-likeness (QED) is 0.344. The summed E-state index contributed by atoms with van der Waals surface area (Å²) < 4.78 is 5.90. The van der Waals surface area contributed by atoms with E-state index in [1.165, 1.54) is 26.4 Å². The minimum Gasteiger partial charge on any atom is -0.467 e. The average molecular weight is 583 g/mol. The van der Waals surface area contributed by atoms with E-state index in [9.17, 15) is 19.2 Å². The molecule has 186 valence electrons. The van der Waals surface area contributed by atoms with Gasteiger partial charge in [-0.2, -0.15) is 0 Å². The van der Waals surface area contributed by atoms with Crippen molar-refractivity contribution in [2.45, 2.75) is 69.9 Å². The Hall–Kier alpha value is -2.17. The number of carbonyl (C=O) groups excluding carboxylic acids is 4. The number of halogens is 1. The molecular weight excluding hydrogens is 549 g/mol. The standard InChI is InChI=1S/C25H34IN3O5/c1-34-25(33)20(14-18-9-11-19(26)12-10-18)28-22(30)16-27-24(32)21-8-5-13-29(21)23(31)15-17-6-3-2-4-7-17/h9-12,17,20-21H,2-8,13-16H2,1H3,(H,27,32)(H,28,30)/t20-,21-/m0/s1. The molecule has 3 rings (SSSR count). The van der Waals surface area contributed by atoms with Crippen LogP contribution in [-0.4, -0.2) is 60.9 Å². The first kappa shape index (κ1) is 26.4. The van der Waals surface area contributed by atoms with Crippen LogP contribution in [0.1, 0.15) is 56.9 Å². The number of amides is 3. The average Bonchev–Trinajstić information content (AvgIpc) is 3.34. The van der Waals surface area contributed by atoms with Crippen LogP contribution in [-0.2, 0) is 30.3 Å². The molecule has 0 spiro atoms. The van der Waals surface area contributed by atoms with E-state index < -0.39 is 24.0 Å². The third kappa shape index (κ3) is 7.68. The summed E-state index contributed by atoms with van der Waals surface area (Å²) >= 11 is 2.20. The first-order chi connectivity index (χ1) is 16.4. The van der Waals surface area contributed by atoms with Crippen molar-refractivity contribution in [1.29, 1.82) is 0 Å². The van der Waals surface area contributed by atoms with Gasteiger partial charge in [-0.25, -0.2) is 4.79 Å². The summed E-state index contributed by atoms with van der Waals surface area (Å²) in [5.41, 5.74) is 0.887. The van der Waals surface area contributed by atoms with E-state index in [0.717, 1.165) is 28.4 Å². The Morgan fingerprint density at radius 2 is 1.76 bits per heavy atom. The zero-order valence-electron chi connectivity index (χ0n) is 19.7. The number of carbonyl (C=O) groups is 4. The molecule has 34 heavy (non-hydrogen) atoms. The Morgan fingerprint density at radius 1 is 1.06 bits per heavy atom. The zero-order chi connectivity index (χ0) is 24.5. The highest BCUT2D eigenvalue weighted by atomic mass is 127. The molecule has 3 amide bonds. The Kier molecular flexibility index (Phi) is 10.2. The van der Waals surface area contributed by atoms with Gasteiger partial charge in [0.05, 0.1) is 13.7 Å². The monoisotopic (exact) mass is 583 g/mol. The molecule has 0 unspecified atom stereocenters. The van der Waals surface area contributed by atoms with Gasteiger partial charge in [0.2, 0.25) is 17.7 Å². The van der Waals surface area contributed by atoms with Crippen LogP contribution < -0.4 is 10.6 Å². The minimum absolute atomic E-state index is 0.0391. The van der Waals surface area contributed by atoms with Crippen molar-refractivity contribution < 1.29 is 23.9 Å². The molecule has 1 aromatic rings. The molecule has 2 fully saturated rings. The molecule has 1 saturated heterocycles. The number of benzene rings is 1. The van der Waals surface area contributed by atoms with Crippen LogP contribution in [0.2, 0.25) is 0 Å². The van der Waals surface area contributed by atoms with E-state index >= 15 is 0 Å². The molecule has 8 nitrogen and oxygen atoms in total. The smallest absolute Gasteiger partial charge is 0.328 e. The Labute approximate surface area is 214 Å². The highest BCUT2D eigenvalue weighted by Gasteiger charge is 2.35. The number of rotatable bonds is 9. The Morgan fingerprint density at radius 3 is 2.44 bits per heavy atom. The zero-order valence-corrected chi connectivity index (χ0v) is 21.8. The molecule has 2 atom stereocenters. The van der Waals surface area contributed by atoms with Gasteiger partial charge in [-0.05, 0) is 71.9 Å². The third-order valence-electron chi connectivity index (χ3n) is 6.66. The van der Waals surface area contributed by atoms with Gasteiger partial charge < -0.3 is 20.3 Å². The van der Waals surface area contributed by atoms with Gasteiger partial charge in [-0.1, -0.05) is 31.4 Å². The highest BCUT2D eigenvalue weighted by Crippen LogP contribution is 2.28. The Bertz CT molecular complexity index is 870. The van der Waals surface area contributed by atoms with Crippen LogP contribution in [0.15, 0.2) is 24.3 Å². The highest BCUT2D eigenvalue weighted by molar-refractivity contribution is 14.1. The second-order valence-electron chi connectivity index (χ2n) is 9.14. The number of esters is 1. The predicted molar refractivity (Wildman–Crippen MR) is 136 cm³/mol. The summed E-state index contributed by atoms with van der Waals surface area (Å²) in [5.74, 6) is -0.894. The fourth-order valence-electron chi connectivity index (χ4n) is 4.82. The second-order valence-corrected chi connectivity index (χ2v) is 10.4. The van der Waals surface area contributed by atoms with Crippen molar-refractivity contribution in [2.24, 2.45) is 5.92 Å². The lowest BCUT2D eigenvalue weighted by Crippen LogP contribution is -2.50. The topological polar surface area (TPSA) is 105 Å². The van der Waals surface area contributed by atoms with Crippen LogP contribution in [0, 0.1) is 9.49 Å². The summed E-state index contributed by atoms with van der Waals surface area (Å²) in [4.78, 5) is 52.0. The molecule has 1 aliphatic heterocycles. The molecular formula is C25H34IN3O5. The van der Waals surface area contributed by atoms with Gasteiger partial charge in [0.1, 0.15) is 12.1 Å². The van der Waals surface area contributed by atoms with E-state index in [4.69, 9.17) is 4.74 Å². The maximum Gasteiger partial charge on any atom is 0.328 e. The fourth-order valence-corrected chi connectivity index (χ4v) is 5.18. The fraction of sp³-hybridized carbons (Fsp3) is 0.600. The molecule has 9 heteroatoms. The molecule has 2 N–H and O–H groups in total. The van der Waals surface area contributed by atoms with E-state index in [1.54, 1.807) is 4.90 Å². The van der Waals surface area contributed by atoms with Gasteiger partial charge in [0, 0.05) is 23.0 Å². The van der Waals surface area contributed by atoms with Crippen LogP contribution >= 0.6 is 22.6 Å². The van der Waals surface area contributed by atoms with Gasteiger partial charge in [0.25, 0.3) is 0 Å². The normalized spacial score (nSPS) is 19.4. The van der Waals surface area contributed by atoms with Crippen molar-refractivity contribution in [2.75, 3.05) is 20.2 Å². The third-order valence-corrected chi connectivity index (χ3v) is 7.38.